The third-order valence-corrected chi connectivity index (χ3v) is 11.7. The smallest absolute Gasteiger partial charge is 0.199 e. The van der Waals surface area contributed by atoms with Gasteiger partial charge in [0.1, 0.15) is 11.3 Å². The first-order chi connectivity index (χ1) is 16.6. The first-order valence-electron chi connectivity index (χ1n) is 14.3. The number of nitrogens with one attached hydrogen (secondary N) is 1. The van der Waals surface area contributed by atoms with E-state index in [2.05, 4.69) is 49.7 Å². The molecule has 0 aromatic carbocycles. The molecule has 1 heterocycles. The van der Waals surface area contributed by atoms with Crippen molar-refractivity contribution in [2.45, 2.75) is 104 Å². The van der Waals surface area contributed by atoms with Crippen molar-refractivity contribution in [3.63, 3.8) is 0 Å². The molecule has 2 unspecified atom stereocenters. The van der Waals surface area contributed by atoms with Gasteiger partial charge in [0.05, 0.1) is 6.10 Å². The Morgan fingerprint density at radius 2 is 2.00 bits per heavy atom. The normalized spacial score (nSPS) is 47.9. The third-order valence-electron chi connectivity index (χ3n) is 11.7. The van der Waals surface area contributed by atoms with Gasteiger partial charge in [-0.1, -0.05) is 46.6 Å². The van der Waals surface area contributed by atoms with Crippen LogP contribution < -0.4 is 4.68 Å². The molecule has 0 bridgehead atoms. The second-order valence-electron chi connectivity index (χ2n) is 13.5. The molecule has 0 spiro atoms. The van der Waals surface area contributed by atoms with Crippen LogP contribution in [0.2, 0.25) is 0 Å². The molecule has 192 valence electrons. The van der Waals surface area contributed by atoms with Crippen molar-refractivity contribution in [1.82, 2.24) is 5.10 Å². The molecule has 0 amide bonds. The molecule has 0 aliphatic heterocycles. The van der Waals surface area contributed by atoms with Crippen molar-refractivity contribution in [3.8, 4) is 0 Å². The molecular formula is C30H45N2O3+. The topological polar surface area (TPSA) is 77.2 Å². The SMILES string of the molecule is CCC(=O)[C@@]1(O)CC[C@H]2[C@@H]3C[C@H](C)C4=Cc5[nH][n+](CC6CC6CC)cc5C[C@]4(C)[C@H]3[C@@H](O)C[C@@]21C. The van der Waals surface area contributed by atoms with Gasteiger partial charge in [-0.05, 0) is 79.6 Å². The van der Waals surface area contributed by atoms with E-state index in [1.54, 1.807) is 0 Å². The van der Waals surface area contributed by atoms with Gasteiger partial charge in [0, 0.05) is 23.3 Å². The van der Waals surface area contributed by atoms with E-state index < -0.39 is 17.1 Å². The minimum atomic E-state index is -1.29. The molecule has 1 aromatic heterocycles. The van der Waals surface area contributed by atoms with E-state index in [-0.39, 0.29) is 23.0 Å². The van der Waals surface area contributed by atoms with Crippen LogP contribution in [0.25, 0.3) is 6.08 Å². The summed E-state index contributed by atoms with van der Waals surface area (Å²) in [5.41, 5.74) is 2.21. The van der Waals surface area contributed by atoms with E-state index >= 15 is 0 Å². The van der Waals surface area contributed by atoms with Crippen LogP contribution in [0.15, 0.2) is 11.8 Å². The molecule has 5 nitrogen and oxygen atoms in total. The van der Waals surface area contributed by atoms with Crippen molar-refractivity contribution in [2.75, 3.05) is 0 Å². The average Bonchev–Trinajstić information content (AvgIpc) is 3.35. The fraction of sp³-hybridized carbons (Fsp3) is 0.800. The fourth-order valence-corrected chi connectivity index (χ4v) is 9.87. The number of nitrogens with zero attached hydrogens (tertiary/aromatic N) is 1. The van der Waals surface area contributed by atoms with Gasteiger partial charge in [-0.2, -0.15) is 5.10 Å². The van der Waals surface area contributed by atoms with Crippen molar-refractivity contribution < 1.29 is 19.7 Å². The van der Waals surface area contributed by atoms with Crippen LogP contribution in [0.5, 0.6) is 0 Å². The summed E-state index contributed by atoms with van der Waals surface area (Å²) in [5.74, 6) is 2.89. The highest BCUT2D eigenvalue weighted by molar-refractivity contribution is 5.88. The zero-order chi connectivity index (χ0) is 24.9. The Hall–Kier alpha value is -1.46. The summed E-state index contributed by atoms with van der Waals surface area (Å²) in [7, 11) is 0. The Balaban J connectivity index is 1.33. The predicted molar refractivity (Wildman–Crippen MR) is 135 cm³/mol. The second kappa shape index (κ2) is 7.77. The minimum Gasteiger partial charge on any atom is -0.393 e. The summed E-state index contributed by atoms with van der Waals surface area (Å²) < 4.78 is 2.31. The van der Waals surface area contributed by atoms with Crippen molar-refractivity contribution in [1.29, 1.82) is 0 Å². The Bertz CT molecular complexity index is 1080. The highest BCUT2D eigenvalue weighted by Gasteiger charge is 2.68. The summed E-state index contributed by atoms with van der Waals surface area (Å²) in [6, 6.07) is 0. The summed E-state index contributed by atoms with van der Waals surface area (Å²) in [5, 5.41) is 27.1. The molecule has 6 rings (SSSR count). The van der Waals surface area contributed by atoms with E-state index in [9.17, 15) is 15.0 Å². The number of allylic oxidation sites excluding steroid dienone is 1. The molecule has 5 heteroatoms. The zero-order valence-electron chi connectivity index (χ0n) is 22.3. The number of rotatable bonds is 5. The lowest BCUT2D eigenvalue weighted by atomic mass is 9.44. The molecule has 5 aliphatic rings. The first kappa shape index (κ1) is 23.9. The molecule has 3 N–H and O–H groups in total. The van der Waals surface area contributed by atoms with E-state index in [1.807, 2.05) is 6.92 Å². The Morgan fingerprint density at radius 1 is 1.23 bits per heavy atom. The van der Waals surface area contributed by atoms with Gasteiger partial charge in [-0.15, -0.1) is 4.68 Å². The highest BCUT2D eigenvalue weighted by atomic mass is 16.3. The Morgan fingerprint density at radius 3 is 2.69 bits per heavy atom. The van der Waals surface area contributed by atoms with Crippen LogP contribution in [-0.2, 0) is 17.8 Å². The van der Waals surface area contributed by atoms with Gasteiger partial charge in [0.2, 0.25) is 0 Å². The zero-order valence-corrected chi connectivity index (χ0v) is 22.3. The van der Waals surface area contributed by atoms with Gasteiger partial charge in [0.15, 0.2) is 18.5 Å². The van der Waals surface area contributed by atoms with Gasteiger partial charge in [0.25, 0.3) is 0 Å². The van der Waals surface area contributed by atoms with E-state index in [1.165, 1.54) is 29.7 Å². The lowest BCUT2D eigenvalue weighted by molar-refractivity contribution is -0.753. The van der Waals surface area contributed by atoms with E-state index in [0.29, 0.717) is 31.1 Å². The highest BCUT2D eigenvalue weighted by Crippen LogP contribution is 2.68. The van der Waals surface area contributed by atoms with Crippen LogP contribution in [-0.4, -0.2) is 32.8 Å². The standard InChI is InChI=1S/C30H44N2O3/c1-6-18-11-19(18)15-32-16-20-13-28(4)23(12-24(20)31-32)17(3)10-21-22-8-9-30(35,26(34)7-2)29(22,5)14-25(33)27(21)28/h12,16-19,21-22,25,27,33,35H,6-11,13-15H2,1-5H3/p+1/t17-,18?,19?,21-,22-,25-,27+,28-,29-,30-/m0/s1. The van der Waals surface area contributed by atoms with Gasteiger partial charge in [-0.25, -0.2) is 0 Å². The van der Waals surface area contributed by atoms with Crippen LogP contribution in [0.4, 0.5) is 0 Å². The molecule has 4 fully saturated rings. The number of aliphatic hydroxyl groups is 2. The van der Waals surface area contributed by atoms with Crippen molar-refractivity contribution in [3.05, 3.63) is 23.0 Å². The number of H-pyrrole nitrogens is 1. The van der Waals surface area contributed by atoms with E-state index in [4.69, 9.17) is 0 Å². The maximum absolute atomic E-state index is 12.9. The molecule has 0 saturated heterocycles. The number of aromatic nitrogens is 2. The molecule has 10 atom stereocenters. The molecule has 0 radical (unpaired) electrons. The molecule has 4 saturated carbocycles. The predicted octanol–water partition coefficient (Wildman–Crippen LogP) is 4.46. The Kier molecular flexibility index (Phi) is 5.31. The number of carbonyl (C=O) groups excluding carboxylic acids is 1. The van der Waals surface area contributed by atoms with Gasteiger partial charge < -0.3 is 10.2 Å². The number of Topliss-reactive ketones (excluding diaryl/α,β-unsaturated/α-hetero) is 1. The lowest BCUT2D eigenvalue weighted by Gasteiger charge is -2.61. The number of ketones is 1. The van der Waals surface area contributed by atoms with Gasteiger partial charge in [-0.3, -0.25) is 4.79 Å². The number of hydrogen-bond acceptors (Lipinski definition) is 3. The summed E-state index contributed by atoms with van der Waals surface area (Å²) in [6.45, 7) is 12.1. The molecule has 1 aromatic rings. The van der Waals surface area contributed by atoms with E-state index in [0.717, 1.165) is 37.6 Å². The maximum Gasteiger partial charge on any atom is 0.199 e. The summed E-state index contributed by atoms with van der Waals surface area (Å²) in [4.78, 5) is 12.9. The van der Waals surface area contributed by atoms with Crippen molar-refractivity contribution >= 4 is 11.9 Å². The monoisotopic (exact) mass is 481 g/mol. The largest absolute Gasteiger partial charge is 0.393 e. The summed E-state index contributed by atoms with van der Waals surface area (Å²) >= 11 is 0. The Labute approximate surface area is 210 Å². The number of hydrogen-bond donors (Lipinski definition) is 3. The van der Waals surface area contributed by atoms with Gasteiger partial charge >= 0.3 is 0 Å². The van der Waals surface area contributed by atoms with Crippen LogP contribution >= 0.6 is 0 Å². The van der Waals surface area contributed by atoms with Crippen molar-refractivity contribution in [2.24, 2.45) is 46.3 Å². The summed E-state index contributed by atoms with van der Waals surface area (Å²) in [6.07, 6.45) is 11.2. The molecule has 35 heavy (non-hydrogen) atoms. The minimum absolute atomic E-state index is 0.0380. The lowest BCUT2D eigenvalue weighted by Crippen LogP contribution is -2.62. The number of aromatic amines is 1. The van der Waals surface area contributed by atoms with Crippen LogP contribution in [0.1, 0.15) is 90.8 Å². The van der Waals surface area contributed by atoms with Crippen LogP contribution in [0, 0.1) is 46.3 Å². The number of fused-ring (bicyclic) bond motifs is 6. The fourth-order valence-electron chi connectivity index (χ4n) is 9.87. The third kappa shape index (κ3) is 3.19. The molecule has 5 aliphatic carbocycles. The second-order valence-corrected chi connectivity index (χ2v) is 13.5. The number of aliphatic hydroxyl groups excluding tert-OH is 1. The van der Waals surface area contributed by atoms with Crippen LogP contribution in [0.3, 0.4) is 0 Å². The first-order valence-corrected chi connectivity index (χ1v) is 14.3. The molecular weight excluding hydrogens is 436 g/mol. The maximum atomic E-state index is 12.9. The number of carbonyl (C=O) groups is 1. The quantitative estimate of drug-likeness (QED) is 0.544. The average molecular weight is 482 g/mol.